The van der Waals surface area contributed by atoms with Crippen molar-refractivity contribution in [2.24, 2.45) is 0 Å². The minimum Gasteiger partial charge on any atom is -0.495 e. The van der Waals surface area contributed by atoms with Gasteiger partial charge >= 0.3 is 0 Å². The van der Waals surface area contributed by atoms with E-state index in [0.29, 0.717) is 31.9 Å². The first-order valence-corrected chi connectivity index (χ1v) is 12.2. The number of halogens is 1. The molecule has 2 aromatic rings. The Morgan fingerprint density at radius 1 is 1.13 bits per heavy atom. The highest BCUT2D eigenvalue weighted by molar-refractivity contribution is 9.10. The lowest BCUT2D eigenvalue weighted by molar-refractivity contribution is -0.129. The van der Waals surface area contributed by atoms with Crippen LogP contribution in [0.4, 0.5) is 11.4 Å². The van der Waals surface area contributed by atoms with Crippen LogP contribution in [0.15, 0.2) is 46.9 Å². The third kappa shape index (κ3) is 5.07. The highest BCUT2D eigenvalue weighted by Gasteiger charge is 2.27. The molecule has 1 heterocycles. The molecule has 9 heteroatoms. The van der Waals surface area contributed by atoms with E-state index in [1.54, 1.807) is 30.2 Å². The predicted octanol–water partition coefficient (Wildman–Crippen LogP) is 2.88. The van der Waals surface area contributed by atoms with Crippen molar-refractivity contribution in [2.75, 3.05) is 55.3 Å². The molecule has 7 nitrogen and oxygen atoms in total. The number of amides is 1. The molecule has 1 amide bonds. The smallest absolute Gasteiger partial charge is 0.243 e. The summed E-state index contributed by atoms with van der Waals surface area (Å²) in [6, 6.07) is 13.0. The molecule has 30 heavy (non-hydrogen) atoms. The Morgan fingerprint density at radius 2 is 1.80 bits per heavy atom. The predicted molar refractivity (Wildman–Crippen MR) is 123 cm³/mol. The molecule has 0 radical (unpaired) electrons. The molecule has 1 aliphatic rings. The van der Waals surface area contributed by atoms with Gasteiger partial charge in [-0.15, -0.1) is 0 Å². The molecule has 0 aliphatic carbocycles. The lowest BCUT2D eigenvalue weighted by Gasteiger charge is -2.37. The quantitative estimate of drug-likeness (QED) is 0.616. The highest BCUT2D eigenvalue weighted by Crippen LogP contribution is 2.29. The minimum atomic E-state index is -3.60. The topological polar surface area (TPSA) is 70.2 Å². The molecule has 1 fully saturated rings. The van der Waals surface area contributed by atoms with Crippen molar-refractivity contribution < 1.29 is 17.9 Å². The molecule has 2 aromatic carbocycles. The Kier molecular flexibility index (Phi) is 6.92. The summed E-state index contributed by atoms with van der Waals surface area (Å²) >= 11 is 3.42. The molecule has 0 atom stereocenters. The number of methoxy groups -OCH3 is 1. The van der Waals surface area contributed by atoms with Crippen molar-refractivity contribution in [3.63, 3.8) is 0 Å². The number of benzene rings is 2. The zero-order valence-corrected chi connectivity index (χ0v) is 19.7. The summed E-state index contributed by atoms with van der Waals surface area (Å²) in [5, 5.41) is 0. The van der Waals surface area contributed by atoms with E-state index in [-0.39, 0.29) is 12.5 Å². The van der Waals surface area contributed by atoms with Crippen molar-refractivity contribution >= 4 is 43.2 Å². The molecule has 1 aliphatic heterocycles. The average Bonchev–Trinajstić information content (AvgIpc) is 2.73. The Balaban J connectivity index is 1.69. The fourth-order valence-electron chi connectivity index (χ4n) is 3.49. The molecule has 0 aromatic heterocycles. The summed E-state index contributed by atoms with van der Waals surface area (Å²) in [5.74, 6) is 0.590. The average molecular weight is 496 g/mol. The Morgan fingerprint density at radius 3 is 2.40 bits per heavy atom. The van der Waals surface area contributed by atoms with Crippen molar-refractivity contribution in [3.8, 4) is 5.75 Å². The van der Waals surface area contributed by atoms with Crippen LogP contribution in [0, 0.1) is 6.92 Å². The van der Waals surface area contributed by atoms with Crippen LogP contribution in [0.1, 0.15) is 5.56 Å². The number of ether oxygens (including phenoxy) is 1. The van der Waals surface area contributed by atoms with Gasteiger partial charge < -0.3 is 14.5 Å². The number of piperazine rings is 1. The number of carbonyl (C=O) groups excluding carboxylic acids is 1. The lowest BCUT2D eigenvalue weighted by atomic mass is 10.2. The normalized spacial score (nSPS) is 14.5. The second-order valence-electron chi connectivity index (χ2n) is 7.24. The number of anilines is 2. The molecule has 0 bridgehead atoms. The van der Waals surface area contributed by atoms with Crippen LogP contribution >= 0.6 is 15.9 Å². The fraction of sp³-hybridized carbons (Fsp3) is 0.381. The summed E-state index contributed by atoms with van der Waals surface area (Å²) in [7, 11) is -1.96. The summed E-state index contributed by atoms with van der Waals surface area (Å²) in [6.45, 7) is 4.02. The van der Waals surface area contributed by atoms with Gasteiger partial charge in [0.25, 0.3) is 0 Å². The van der Waals surface area contributed by atoms with Gasteiger partial charge in [0, 0.05) is 30.7 Å². The fourth-order valence-corrected chi connectivity index (χ4v) is 4.58. The van der Waals surface area contributed by atoms with Crippen molar-refractivity contribution in [3.05, 3.63) is 52.5 Å². The van der Waals surface area contributed by atoms with Crippen LogP contribution in [-0.4, -0.2) is 65.3 Å². The molecule has 0 N–H and O–H groups in total. The Hall–Kier alpha value is -2.26. The maximum absolute atomic E-state index is 12.9. The third-order valence-electron chi connectivity index (χ3n) is 5.17. The molecule has 0 spiro atoms. The number of hydrogen-bond donors (Lipinski definition) is 0. The van der Waals surface area contributed by atoms with E-state index in [1.807, 2.05) is 31.2 Å². The molecule has 1 saturated heterocycles. The number of sulfonamides is 1. The zero-order chi connectivity index (χ0) is 21.9. The molecule has 162 valence electrons. The van der Waals surface area contributed by atoms with Crippen LogP contribution in [-0.2, 0) is 14.8 Å². The van der Waals surface area contributed by atoms with Gasteiger partial charge in [-0.2, -0.15) is 0 Å². The SMILES string of the molecule is COc1ccccc1N1CCN(C(=O)CN(c2ccc(Br)c(C)c2)S(C)(=O)=O)CC1. The summed E-state index contributed by atoms with van der Waals surface area (Å²) < 4.78 is 32.2. The standard InChI is InChI=1S/C21H26BrN3O4S/c1-16-14-17(8-9-18(16)22)25(30(3,27)28)15-21(26)24-12-10-23(11-13-24)19-6-4-5-7-20(19)29-2/h4-9,14H,10-13,15H2,1-3H3. The van der Waals surface area contributed by atoms with Gasteiger partial charge in [-0.3, -0.25) is 9.10 Å². The summed E-state index contributed by atoms with van der Waals surface area (Å²) in [5.41, 5.74) is 2.38. The van der Waals surface area contributed by atoms with Crippen molar-refractivity contribution in [1.29, 1.82) is 0 Å². The maximum Gasteiger partial charge on any atom is 0.243 e. The van der Waals surface area contributed by atoms with Gasteiger partial charge in [-0.25, -0.2) is 8.42 Å². The van der Waals surface area contributed by atoms with E-state index in [1.165, 1.54) is 4.31 Å². The van der Waals surface area contributed by atoms with Crippen LogP contribution in [0.3, 0.4) is 0 Å². The number of rotatable bonds is 6. The van der Waals surface area contributed by atoms with E-state index < -0.39 is 10.0 Å². The minimum absolute atomic E-state index is 0.208. The second kappa shape index (κ2) is 9.26. The monoisotopic (exact) mass is 495 g/mol. The lowest BCUT2D eigenvalue weighted by Crippen LogP contribution is -2.52. The van der Waals surface area contributed by atoms with Gasteiger partial charge in [0.15, 0.2) is 0 Å². The summed E-state index contributed by atoms with van der Waals surface area (Å²) in [4.78, 5) is 16.8. The van der Waals surface area contributed by atoms with Crippen LogP contribution < -0.4 is 13.9 Å². The van der Waals surface area contributed by atoms with E-state index in [2.05, 4.69) is 20.8 Å². The van der Waals surface area contributed by atoms with Crippen molar-refractivity contribution in [1.82, 2.24) is 4.90 Å². The number of nitrogens with zero attached hydrogens (tertiary/aromatic N) is 3. The van der Waals surface area contributed by atoms with Crippen LogP contribution in [0.5, 0.6) is 5.75 Å². The van der Waals surface area contributed by atoms with Gasteiger partial charge in [0.1, 0.15) is 12.3 Å². The van der Waals surface area contributed by atoms with E-state index >= 15 is 0 Å². The largest absolute Gasteiger partial charge is 0.495 e. The number of carbonyl (C=O) groups is 1. The van der Waals surface area contributed by atoms with E-state index in [0.717, 1.165) is 27.7 Å². The Bertz CT molecular complexity index is 1020. The summed E-state index contributed by atoms with van der Waals surface area (Å²) in [6.07, 6.45) is 1.12. The Labute approximate surface area is 186 Å². The molecular weight excluding hydrogens is 470 g/mol. The molecule has 3 rings (SSSR count). The third-order valence-corrected chi connectivity index (χ3v) is 7.20. The first kappa shape index (κ1) is 22.4. The molecular formula is C21H26BrN3O4S. The van der Waals surface area contributed by atoms with Crippen LogP contribution in [0.25, 0.3) is 0 Å². The number of para-hydroxylation sites is 2. The van der Waals surface area contributed by atoms with Crippen LogP contribution in [0.2, 0.25) is 0 Å². The number of hydrogen-bond acceptors (Lipinski definition) is 5. The van der Waals surface area contributed by atoms with E-state index in [4.69, 9.17) is 4.74 Å². The maximum atomic E-state index is 12.9. The second-order valence-corrected chi connectivity index (χ2v) is 10.0. The number of aryl methyl sites for hydroxylation is 1. The van der Waals surface area contributed by atoms with Gasteiger partial charge in [-0.1, -0.05) is 28.1 Å². The van der Waals surface area contributed by atoms with Gasteiger partial charge in [-0.05, 0) is 42.8 Å². The van der Waals surface area contributed by atoms with Gasteiger partial charge in [0.2, 0.25) is 15.9 Å². The first-order valence-electron chi connectivity index (χ1n) is 9.60. The molecule has 0 saturated carbocycles. The van der Waals surface area contributed by atoms with Gasteiger partial charge in [0.05, 0.1) is 24.7 Å². The molecule has 0 unspecified atom stereocenters. The van der Waals surface area contributed by atoms with Crippen molar-refractivity contribution in [2.45, 2.75) is 6.92 Å². The zero-order valence-electron chi connectivity index (χ0n) is 17.3. The highest BCUT2D eigenvalue weighted by atomic mass is 79.9. The van der Waals surface area contributed by atoms with E-state index in [9.17, 15) is 13.2 Å². The first-order chi connectivity index (χ1) is 14.2.